The van der Waals surface area contributed by atoms with Crippen molar-refractivity contribution in [3.05, 3.63) is 0 Å². The molecule has 1 aliphatic heterocycles. The summed E-state index contributed by atoms with van der Waals surface area (Å²) in [5.41, 5.74) is 0. The molecule has 0 radical (unpaired) electrons. The molecule has 0 aromatic rings. The molecule has 1 aliphatic carbocycles. The quantitative estimate of drug-likeness (QED) is 0.835. The average molecular weight is 329 g/mol. The van der Waals surface area contributed by atoms with E-state index in [1.165, 1.54) is 0 Å². The van der Waals surface area contributed by atoms with Crippen LogP contribution < -0.4 is 0 Å². The molecule has 1 saturated heterocycles. The highest BCUT2D eigenvalue weighted by atomic mass is 32.2. The van der Waals surface area contributed by atoms with Gasteiger partial charge in [0, 0.05) is 13.0 Å². The number of aliphatic carboxylic acids is 1. The van der Waals surface area contributed by atoms with Crippen LogP contribution in [0.4, 0.5) is 13.2 Å². The van der Waals surface area contributed by atoms with E-state index in [1.54, 1.807) is 0 Å². The Morgan fingerprint density at radius 3 is 2.52 bits per heavy atom. The van der Waals surface area contributed by atoms with E-state index in [2.05, 4.69) is 0 Å². The van der Waals surface area contributed by atoms with Crippen molar-refractivity contribution in [3.8, 4) is 0 Å². The fraction of sp³-hybridized carbons (Fsp3) is 0.917. The molecule has 2 fully saturated rings. The molecule has 21 heavy (non-hydrogen) atoms. The summed E-state index contributed by atoms with van der Waals surface area (Å²) in [5, 5.41) is 9.26. The van der Waals surface area contributed by atoms with Gasteiger partial charge in [-0.2, -0.15) is 17.5 Å². The van der Waals surface area contributed by atoms with Crippen LogP contribution in [0.25, 0.3) is 0 Å². The number of fused-ring (bicyclic) bond motifs is 1. The maximum Gasteiger partial charge on any atom is 0.389 e. The van der Waals surface area contributed by atoms with Crippen LogP contribution in [0.2, 0.25) is 0 Å². The molecule has 0 spiro atoms. The van der Waals surface area contributed by atoms with Gasteiger partial charge >= 0.3 is 12.1 Å². The van der Waals surface area contributed by atoms with Crippen molar-refractivity contribution in [2.45, 2.75) is 44.3 Å². The molecule has 0 aromatic heterocycles. The molecule has 2 aliphatic rings. The minimum atomic E-state index is -4.40. The fourth-order valence-electron chi connectivity index (χ4n) is 3.43. The van der Waals surface area contributed by atoms with Crippen LogP contribution in [-0.4, -0.2) is 48.3 Å². The van der Waals surface area contributed by atoms with Gasteiger partial charge in [-0.05, 0) is 31.1 Å². The first kappa shape index (κ1) is 16.5. The zero-order chi connectivity index (χ0) is 15.8. The lowest BCUT2D eigenvalue weighted by Crippen LogP contribution is -2.44. The second-order valence-electron chi connectivity index (χ2n) is 5.74. The Kier molecular flexibility index (Phi) is 4.53. The number of carbonyl (C=O) groups is 1. The fourth-order valence-corrected chi connectivity index (χ4v) is 5.19. The van der Waals surface area contributed by atoms with E-state index in [9.17, 15) is 31.5 Å². The lowest BCUT2D eigenvalue weighted by molar-refractivity contribution is -0.142. The first-order valence-electron chi connectivity index (χ1n) is 6.91. The van der Waals surface area contributed by atoms with E-state index in [4.69, 9.17) is 0 Å². The number of carboxylic acid groups (broad SMARTS) is 1. The van der Waals surface area contributed by atoms with Crippen LogP contribution in [0, 0.1) is 11.8 Å². The second kappa shape index (κ2) is 5.75. The van der Waals surface area contributed by atoms with Crippen LogP contribution in [-0.2, 0) is 14.8 Å². The molecule has 9 heteroatoms. The van der Waals surface area contributed by atoms with Gasteiger partial charge in [0.15, 0.2) is 0 Å². The van der Waals surface area contributed by atoms with Crippen molar-refractivity contribution >= 4 is 16.0 Å². The van der Waals surface area contributed by atoms with Gasteiger partial charge < -0.3 is 5.11 Å². The molecule has 0 amide bonds. The van der Waals surface area contributed by atoms with Crippen molar-refractivity contribution in [3.63, 3.8) is 0 Å². The summed E-state index contributed by atoms with van der Waals surface area (Å²) in [6.07, 6.45) is -3.79. The SMILES string of the molecule is O=C(O)C1C2CCCC2CN1S(=O)(=O)CCCC(F)(F)F. The average Bonchev–Trinajstić information content (AvgIpc) is 2.84. The monoisotopic (exact) mass is 329 g/mol. The largest absolute Gasteiger partial charge is 0.480 e. The molecule has 1 N–H and O–H groups in total. The highest BCUT2D eigenvalue weighted by Crippen LogP contribution is 2.43. The second-order valence-corrected chi connectivity index (χ2v) is 7.78. The van der Waals surface area contributed by atoms with Gasteiger partial charge in [0.2, 0.25) is 10.0 Å². The third kappa shape index (κ3) is 3.68. The Morgan fingerprint density at radius 2 is 1.95 bits per heavy atom. The molecule has 5 nitrogen and oxygen atoms in total. The zero-order valence-corrected chi connectivity index (χ0v) is 12.2. The number of halogens is 3. The van der Waals surface area contributed by atoms with E-state index >= 15 is 0 Å². The third-order valence-electron chi connectivity index (χ3n) is 4.32. The summed E-state index contributed by atoms with van der Waals surface area (Å²) in [6.45, 7) is 0.121. The maximum absolute atomic E-state index is 12.2. The summed E-state index contributed by atoms with van der Waals surface area (Å²) in [7, 11) is -3.97. The van der Waals surface area contributed by atoms with Gasteiger partial charge in [-0.15, -0.1) is 0 Å². The zero-order valence-electron chi connectivity index (χ0n) is 11.3. The van der Waals surface area contributed by atoms with E-state index in [0.717, 1.165) is 17.1 Å². The van der Waals surface area contributed by atoms with E-state index in [0.29, 0.717) is 6.42 Å². The van der Waals surface area contributed by atoms with Gasteiger partial charge in [-0.1, -0.05) is 6.42 Å². The minimum absolute atomic E-state index is 0.0171. The normalized spacial score (nSPS) is 30.5. The summed E-state index contributed by atoms with van der Waals surface area (Å²) in [4.78, 5) is 11.3. The van der Waals surface area contributed by atoms with Gasteiger partial charge in [-0.3, -0.25) is 4.79 Å². The Labute approximate surface area is 121 Å². The Morgan fingerprint density at radius 1 is 1.29 bits per heavy atom. The lowest BCUT2D eigenvalue weighted by Gasteiger charge is -2.23. The number of rotatable bonds is 5. The van der Waals surface area contributed by atoms with Crippen molar-refractivity contribution < 1.29 is 31.5 Å². The van der Waals surface area contributed by atoms with Crippen LogP contribution in [0.5, 0.6) is 0 Å². The van der Waals surface area contributed by atoms with E-state index < -0.39 is 46.8 Å². The van der Waals surface area contributed by atoms with Crippen LogP contribution in [0.3, 0.4) is 0 Å². The standard InChI is InChI=1S/C12H18F3NO4S/c13-12(14,15)5-2-6-21(19,20)16-7-8-3-1-4-9(8)10(16)11(17)18/h8-10H,1-7H2,(H,17,18). The molecule has 2 rings (SSSR count). The van der Waals surface area contributed by atoms with E-state index in [1.807, 2.05) is 0 Å². The number of sulfonamides is 1. The van der Waals surface area contributed by atoms with Gasteiger partial charge in [0.25, 0.3) is 0 Å². The van der Waals surface area contributed by atoms with Crippen molar-refractivity contribution in [2.24, 2.45) is 11.8 Å². The first-order chi connectivity index (χ1) is 9.62. The van der Waals surface area contributed by atoms with Crippen LogP contribution in [0.15, 0.2) is 0 Å². The predicted molar refractivity (Wildman–Crippen MR) is 68.0 cm³/mol. The molecular weight excluding hydrogens is 311 g/mol. The number of nitrogens with zero attached hydrogens (tertiary/aromatic N) is 1. The Balaban J connectivity index is 2.06. The van der Waals surface area contributed by atoms with Crippen LogP contribution >= 0.6 is 0 Å². The highest BCUT2D eigenvalue weighted by molar-refractivity contribution is 7.89. The number of alkyl halides is 3. The summed E-state index contributed by atoms with van der Waals surface area (Å²) in [6, 6.07) is -1.12. The highest BCUT2D eigenvalue weighted by Gasteiger charge is 2.51. The predicted octanol–water partition coefficient (Wildman–Crippen LogP) is 1.84. The molecule has 0 aromatic carbocycles. The topological polar surface area (TPSA) is 74.7 Å². The molecular formula is C12H18F3NO4S. The lowest BCUT2D eigenvalue weighted by atomic mass is 9.94. The van der Waals surface area contributed by atoms with Gasteiger partial charge in [0.1, 0.15) is 6.04 Å². The minimum Gasteiger partial charge on any atom is -0.480 e. The number of carboxylic acids is 1. The van der Waals surface area contributed by atoms with Crippen molar-refractivity contribution in [2.75, 3.05) is 12.3 Å². The third-order valence-corrected chi connectivity index (χ3v) is 6.22. The van der Waals surface area contributed by atoms with Crippen molar-refractivity contribution in [1.29, 1.82) is 0 Å². The van der Waals surface area contributed by atoms with Gasteiger partial charge in [0.05, 0.1) is 5.75 Å². The first-order valence-corrected chi connectivity index (χ1v) is 8.52. The Hall–Kier alpha value is -0.830. The summed E-state index contributed by atoms with van der Waals surface area (Å²) in [5.74, 6) is -2.05. The molecule has 3 atom stereocenters. The number of hydrogen-bond acceptors (Lipinski definition) is 3. The smallest absolute Gasteiger partial charge is 0.389 e. The molecule has 0 bridgehead atoms. The molecule has 122 valence electrons. The molecule has 3 unspecified atom stereocenters. The summed E-state index contributed by atoms with van der Waals surface area (Å²) < 4.78 is 61.5. The summed E-state index contributed by atoms with van der Waals surface area (Å²) >= 11 is 0. The van der Waals surface area contributed by atoms with Gasteiger partial charge in [-0.25, -0.2) is 8.42 Å². The van der Waals surface area contributed by atoms with Crippen molar-refractivity contribution in [1.82, 2.24) is 4.31 Å². The molecule has 1 heterocycles. The molecule has 1 saturated carbocycles. The van der Waals surface area contributed by atoms with E-state index in [-0.39, 0.29) is 18.4 Å². The Bertz CT molecular complexity index is 505. The maximum atomic E-state index is 12.2. The number of hydrogen-bond donors (Lipinski definition) is 1. The van der Waals surface area contributed by atoms with Crippen LogP contribution in [0.1, 0.15) is 32.1 Å².